The minimum atomic E-state index is 0.551. The molecule has 0 aliphatic rings. The fourth-order valence-electron chi connectivity index (χ4n) is 2.72. The number of benzene rings is 3. The van der Waals surface area contributed by atoms with E-state index in [1.807, 2.05) is 24.3 Å². The molecule has 2 nitrogen and oxygen atoms in total. The van der Waals surface area contributed by atoms with Crippen molar-refractivity contribution in [3.05, 3.63) is 71.8 Å². The first-order chi connectivity index (χ1) is 11.2. The smallest absolute Gasteiger partial charge is 0.127 e. The Morgan fingerprint density at radius 2 is 1.39 bits per heavy atom. The molecule has 3 rings (SSSR count). The van der Waals surface area contributed by atoms with Crippen LogP contribution in [0, 0.1) is 0 Å². The first kappa shape index (κ1) is 15.4. The summed E-state index contributed by atoms with van der Waals surface area (Å²) >= 11 is 0. The van der Waals surface area contributed by atoms with Gasteiger partial charge in [0.2, 0.25) is 0 Å². The van der Waals surface area contributed by atoms with Gasteiger partial charge in [-0.1, -0.05) is 62.4 Å². The van der Waals surface area contributed by atoms with E-state index in [9.17, 15) is 0 Å². The summed E-state index contributed by atoms with van der Waals surface area (Å²) in [5.41, 5.74) is 2.53. The second-order valence-corrected chi connectivity index (χ2v) is 6.00. The molecule has 0 fully saturated rings. The largest absolute Gasteiger partial charge is 0.496 e. The highest BCUT2D eigenvalue weighted by Gasteiger charge is 2.06. The van der Waals surface area contributed by atoms with Gasteiger partial charge in [-0.2, -0.15) is 0 Å². The zero-order chi connectivity index (χ0) is 16.2. The molecule has 3 aromatic rings. The summed E-state index contributed by atoms with van der Waals surface area (Å²) in [4.78, 5) is 0. The maximum absolute atomic E-state index is 6.05. The second kappa shape index (κ2) is 6.74. The van der Waals surface area contributed by atoms with Crippen LogP contribution < -0.4 is 9.47 Å². The van der Waals surface area contributed by atoms with E-state index in [0.29, 0.717) is 12.5 Å². The number of methoxy groups -OCH3 is 1. The van der Waals surface area contributed by atoms with Crippen molar-refractivity contribution in [2.75, 3.05) is 7.11 Å². The van der Waals surface area contributed by atoms with Crippen LogP contribution in [0.1, 0.15) is 30.9 Å². The molecule has 0 aliphatic heterocycles. The average molecular weight is 306 g/mol. The fraction of sp³-hybridized carbons (Fsp3) is 0.238. The summed E-state index contributed by atoms with van der Waals surface area (Å²) in [7, 11) is 1.69. The Bertz CT molecular complexity index is 789. The van der Waals surface area contributed by atoms with Gasteiger partial charge in [-0.05, 0) is 29.2 Å². The third-order valence-electron chi connectivity index (χ3n) is 4.10. The Morgan fingerprint density at radius 1 is 0.783 bits per heavy atom. The van der Waals surface area contributed by atoms with Crippen molar-refractivity contribution in [3.8, 4) is 11.5 Å². The predicted molar refractivity (Wildman–Crippen MR) is 95.4 cm³/mol. The van der Waals surface area contributed by atoms with Crippen molar-refractivity contribution < 1.29 is 9.47 Å². The highest BCUT2D eigenvalue weighted by molar-refractivity contribution is 5.93. The van der Waals surface area contributed by atoms with Crippen molar-refractivity contribution in [1.29, 1.82) is 0 Å². The molecule has 0 atom stereocenters. The van der Waals surface area contributed by atoms with Gasteiger partial charge in [-0.15, -0.1) is 0 Å². The van der Waals surface area contributed by atoms with Crippen LogP contribution >= 0.6 is 0 Å². The van der Waals surface area contributed by atoms with Crippen LogP contribution in [0.25, 0.3) is 10.8 Å². The van der Waals surface area contributed by atoms with Crippen molar-refractivity contribution in [2.24, 2.45) is 0 Å². The maximum Gasteiger partial charge on any atom is 0.127 e. The number of fused-ring (bicyclic) bond motifs is 1. The lowest BCUT2D eigenvalue weighted by Crippen LogP contribution is -1.97. The van der Waals surface area contributed by atoms with Gasteiger partial charge in [-0.25, -0.2) is 0 Å². The van der Waals surface area contributed by atoms with E-state index in [0.717, 1.165) is 22.3 Å². The predicted octanol–water partition coefficient (Wildman–Crippen LogP) is 5.55. The van der Waals surface area contributed by atoms with Crippen molar-refractivity contribution in [3.63, 3.8) is 0 Å². The summed E-state index contributed by atoms with van der Waals surface area (Å²) < 4.78 is 11.5. The van der Waals surface area contributed by atoms with Gasteiger partial charge < -0.3 is 9.47 Å². The van der Waals surface area contributed by atoms with Gasteiger partial charge in [0.05, 0.1) is 7.11 Å². The van der Waals surface area contributed by atoms with Crippen molar-refractivity contribution in [1.82, 2.24) is 0 Å². The SMILES string of the molecule is COc1cccc2c(OCc3ccc(C(C)C)cc3)cccc12. The Balaban J connectivity index is 1.82. The molecule has 0 spiro atoms. The summed E-state index contributed by atoms with van der Waals surface area (Å²) in [5.74, 6) is 2.30. The molecule has 118 valence electrons. The van der Waals surface area contributed by atoms with Gasteiger partial charge in [0.25, 0.3) is 0 Å². The average Bonchev–Trinajstić information content (AvgIpc) is 2.59. The third kappa shape index (κ3) is 3.31. The molecule has 0 aromatic heterocycles. The lowest BCUT2D eigenvalue weighted by molar-refractivity contribution is 0.310. The highest BCUT2D eigenvalue weighted by Crippen LogP contribution is 2.32. The topological polar surface area (TPSA) is 18.5 Å². The fourth-order valence-corrected chi connectivity index (χ4v) is 2.72. The summed E-state index contributed by atoms with van der Waals surface area (Å²) in [6.45, 7) is 4.97. The Hall–Kier alpha value is -2.48. The Kier molecular flexibility index (Phi) is 4.52. The third-order valence-corrected chi connectivity index (χ3v) is 4.10. The molecule has 0 heterocycles. The van der Waals surface area contributed by atoms with E-state index in [2.05, 4.69) is 50.2 Å². The lowest BCUT2D eigenvalue weighted by atomic mass is 10.0. The number of hydrogen-bond acceptors (Lipinski definition) is 2. The van der Waals surface area contributed by atoms with E-state index in [-0.39, 0.29) is 0 Å². The molecule has 23 heavy (non-hydrogen) atoms. The van der Waals surface area contributed by atoms with Crippen molar-refractivity contribution in [2.45, 2.75) is 26.4 Å². The number of rotatable bonds is 5. The minimum Gasteiger partial charge on any atom is -0.496 e. The summed E-state index contributed by atoms with van der Waals surface area (Å²) in [6, 6.07) is 20.7. The van der Waals surface area contributed by atoms with Gasteiger partial charge in [0.1, 0.15) is 18.1 Å². The molecule has 3 aromatic carbocycles. The summed E-state index contributed by atoms with van der Waals surface area (Å²) in [5, 5.41) is 2.15. The molecular weight excluding hydrogens is 284 g/mol. The molecule has 0 amide bonds. The van der Waals surface area contributed by atoms with Gasteiger partial charge in [-0.3, -0.25) is 0 Å². The van der Waals surface area contributed by atoms with Gasteiger partial charge in [0.15, 0.2) is 0 Å². The summed E-state index contributed by atoms with van der Waals surface area (Å²) in [6.07, 6.45) is 0. The van der Waals surface area contributed by atoms with Crippen LogP contribution in [-0.4, -0.2) is 7.11 Å². The van der Waals surface area contributed by atoms with E-state index >= 15 is 0 Å². The first-order valence-corrected chi connectivity index (χ1v) is 7.96. The molecule has 0 N–H and O–H groups in total. The van der Waals surface area contributed by atoms with Crippen LogP contribution in [0.3, 0.4) is 0 Å². The number of ether oxygens (including phenoxy) is 2. The first-order valence-electron chi connectivity index (χ1n) is 7.96. The van der Waals surface area contributed by atoms with E-state index in [1.54, 1.807) is 7.11 Å². The molecule has 0 saturated heterocycles. The van der Waals surface area contributed by atoms with Crippen LogP contribution in [0.2, 0.25) is 0 Å². The molecule has 0 saturated carbocycles. The number of hydrogen-bond donors (Lipinski definition) is 0. The zero-order valence-electron chi connectivity index (χ0n) is 13.9. The van der Waals surface area contributed by atoms with E-state index < -0.39 is 0 Å². The molecule has 0 radical (unpaired) electrons. The molecule has 0 aliphatic carbocycles. The standard InChI is InChI=1S/C21H22O2/c1-15(2)17-12-10-16(11-13-17)14-23-21-9-5-6-18-19(21)7-4-8-20(18)22-3/h4-13,15H,14H2,1-3H3. The normalized spacial score (nSPS) is 11.0. The molecule has 0 bridgehead atoms. The van der Waals surface area contributed by atoms with Crippen LogP contribution in [0.4, 0.5) is 0 Å². The van der Waals surface area contributed by atoms with Gasteiger partial charge >= 0.3 is 0 Å². The molecular formula is C21H22O2. The highest BCUT2D eigenvalue weighted by atomic mass is 16.5. The maximum atomic E-state index is 6.05. The molecule has 0 unspecified atom stereocenters. The lowest BCUT2D eigenvalue weighted by Gasteiger charge is -2.12. The van der Waals surface area contributed by atoms with E-state index in [4.69, 9.17) is 9.47 Å². The van der Waals surface area contributed by atoms with Gasteiger partial charge in [0, 0.05) is 10.8 Å². The minimum absolute atomic E-state index is 0.551. The zero-order valence-corrected chi connectivity index (χ0v) is 13.9. The molecule has 2 heteroatoms. The van der Waals surface area contributed by atoms with Crippen LogP contribution in [0.15, 0.2) is 60.7 Å². The Morgan fingerprint density at radius 3 is 2.00 bits per heavy atom. The Labute approximate surface area is 137 Å². The van der Waals surface area contributed by atoms with Crippen LogP contribution in [-0.2, 0) is 6.61 Å². The van der Waals surface area contributed by atoms with Crippen molar-refractivity contribution >= 4 is 10.8 Å². The monoisotopic (exact) mass is 306 g/mol. The quantitative estimate of drug-likeness (QED) is 0.615. The second-order valence-electron chi connectivity index (χ2n) is 6.00. The van der Waals surface area contributed by atoms with Crippen LogP contribution in [0.5, 0.6) is 11.5 Å². The van der Waals surface area contributed by atoms with E-state index in [1.165, 1.54) is 11.1 Å².